The number of rotatable bonds is 11. The van der Waals surface area contributed by atoms with Crippen molar-refractivity contribution < 1.29 is 0 Å². The first kappa shape index (κ1) is 24.4. The third-order valence-corrected chi connectivity index (χ3v) is 7.95. The summed E-state index contributed by atoms with van der Waals surface area (Å²) in [6.45, 7) is 4.64. The number of hydrogen-bond donors (Lipinski definition) is 0. The third-order valence-electron chi connectivity index (χ3n) is 7.95. The second-order valence-corrected chi connectivity index (χ2v) is 10.3. The molecule has 1 atom stereocenters. The molecule has 0 bridgehead atoms. The average molecular weight is 474 g/mol. The maximum Gasteiger partial charge on any atom is 0.0465 e. The maximum atomic E-state index is 2.52. The third kappa shape index (κ3) is 4.60. The SMILES string of the molecule is CCCCCCC1(CCCC)c2ccccc2-c2ccc(N(c3ccccc3)c3ccccc3)cc21. The molecule has 184 valence electrons. The number of hydrogen-bond acceptors (Lipinski definition) is 1. The Morgan fingerprint density at radius 2 is 1.08 bits per heavy atom. The fraction of sp³-hybridized carbons (Fsp3) is 0.314. The van der Waals surface area contributed by atoms with Crippen LogP contribution in [0.1, 0.15) is 76.3 Å². The Bertz CT molecular complexity index is 1220. The van der Waals surface area contributed by atoms with Gasteiger partial charge in [0.05, 0.1) is 0 Å². The number of fused-ring (bicyclic) bond motifs is 3. The highest BCUT2D eigenvalue weighted by Gasteiger charge is 2.42. The number of benzene rings is 4. The Kier molecular flexibility index (Phi) is 7.56. The first-order valence-electron chi connectivity index (χ1n) is 13.9. The van der Waals surface area contributed by atoms with Crippen molar-refractivity contribution in [2.24, 2.45) is 0 Å². The Balaban J connectivity index is 1.66. The van der Waals surface area contributed by atoms with E-state index in [0.717, 1.165) is 0 Å². The summed E-state index contributed by atoms with van der Waals surface area (Å²) in [4.78, 5) is 2.41. The molecular formula is C35H39N. The van der Waals surface area contributed by atoms with E-state index in [9.17, 15) is 0 Å². The van der Waals surface area contributed by atoms with E-state index in [1.54, 1.807) is 5.56 Å². The van der Waals surface area contributed by atoms with Crippen LogP contribution >= 0.6 is 0 Å². The van der Waals surface area contributed by atoms with Crippen molar-refractivity contribution in [1.82, 2.24) is 0 Å². The van der Waals surface area contributed by atoms with Crippen LogP contribution < -0.4 is 4.90 Å². The van der Waals surface area contributed by atoms with Crippen LogP contribution in [-0.2, 0) is 5.41 Å². The zero-order valence-electron chi connectivity index (χ0n) is 21.9. The Morgan fingerprint density at radius 1 is 0.500 bits per heavy atom. The van der Waals surface area contributed by atoms with Gasteiger partial charge in [-0.2, -0.15) is 0 Å². The molecule has 0 aliphatic heterocycles. The van der Waals surface area contributed by atoms with Crippen molar-refractivity contribution in [2.45, 2.75) is 70.6 Å². The van der Waals surface area contributed by atoms with Crippen LogP contribution in [0.2, 0.25) is 0 Å². The second-order valence-electron chi connectivity index (χ2n) is 10.3. The van der Waals surface area contributed by atoms with E-state index in [2.05, 4.69) is 122 Å². The summed E-state index contributed by atoms with van der Waals surface area (Å²) < 4.78 is 0. The maximum absolute atomic E-state index is 2.52. The zero-order valence-corrected chi connectivity index (χ0v) is 21.9. The molecular weight excluding hydrogens is 434 g/mol. The lowest BCUT2D eigenvalue weighted by molar-refractivity contribution is 0.407. The van der Waals surface area contributed by atoms with Gasteiger partial charge in [-0.3, -0.25) is 0 Å². The molecule has 0 aromatic heterocycles. The molecule has 0 fully saturated rings. The largest absolute Gasteiger partial charge is 0.310 e. The number of anilines is 3. The van der Waals surface area contributed by atoms with Crippen molar-refractivity contribution in [1.29, 1.82) is 0 Å². The molecule has 1 unspecified atom stereocenters. The Hall–Kier alpha value is -3.32. The summed E-state index contributed by atoms with van der Waals surface area (Å²) in [7, 11) is 0. The van der Waals surface area contributed by atoms with Crippen molar-refractivity contribution in [3.8, 4) is 11.1 Å². The lowest BCUT2D eigenvalue weighted by Gasteiger charge is -2.34. The molecule has 0 saturated heterocycles. The van der Waals surface area contributed by atoms with Crippen molar-refractivity contribution in [3.05, 3.63) is 114 Å². The van der Waals surface area contributed by atoms with Gasteiger partial charge in [-0.1, -0.05) is 119 Å². The minimum Gasteiger partial charge on any atom is -0.310 e. The van der Waals surface area contributed by atoms with Crippen molar-refractivity contribution in [2.75, 3.05) is 4.90 Å². The van der Waals surface area contributed by atoms with E-state index >= 15 is 0 Å². The topological polar surface area (TPSA) is 3.24 Å². The van der Waals surface area contributed by atoms with E-state index in [-0.39, 0.29) is 5.41 Å². The van der Waals surface area contributed by atoms with Crippen LogP contribution in [0.5, 0.6) is 0 Å². The molecule has 4 aromatic rings. The predicted octanol–water partition coefficient (Wildman–Crippen LogP) is 10.6. The first-order valence-corrected chi connectivity index (χ1v) is 13.9. The van der Waals surface area contributed by atoms with Gasteiger partial charge in [0.15, 0.2) is 0 Å². The highest BCUT2D eigenvalue weighted by atomic mass is 15.1. The van der Waals surface area contributed by atoms with Crippen LogP contribution in [0, 0.1) is 0 Å². The van der Waals surface area contributed by atoms with Crippen molar-refractivity contribution in [3.63, 3.8) is 0 Å². The number of unbranched alkanes of at least 4 members (excludes halogenated alkanes) is 4. The molecule has 36 heavy (non-hydrogen) atoms. The van der Waals surface area contributed by atoms with E-state index in [4.69, 9.17) is 0 Å². The van der Waals surface area contributed by atoms with E-state index in [1.807, 2.05) is 0 Å². The van der Waals surface area contributed by atoms with Gasteiger partial charge in [0.2, 0.25) is 0 Å². The van der Waals surface area contributed by atoms with E-state index in [0.29, 0.717) is 0 Å². The van der Waals surface area contributed by atoms with Crippen LogP contribution in [0.4, 0.5) is 17.1 Å². The molecule has 4 aromatic carbocycles. The molecule has 0 amide bonds. The van der Waals surface area contributed by atoms with Gasteiger partial charge in [-0.25, -0.2) is 0 Å². The molecule has 1 nitrogen and oxygen atoms in total. The fourth-order valence-corrected chi connectivity index (χ4v) is 6.18. The van der Waals surface area contributed by atoms with Gasteiger partial charge < -0.3 is 4.90 Å². The number of nitrogens with zero attached hydrogens (tertiary/aromatic N) is 1. The molecule has 0 saturated carbocycles. The number of para-hydroxylation sites is 2. The van der Waals surface area contributed by atoms with E-state index in [1.165, 1.54) is 85.1 Å². The average Bonchev–Trinajstić information content (AvgIpc) is 3.21. The smallest absolute Gasteiger partial charge is 0.0465 e. The summed E-state index contributed by atoms with van der Waals surface area (Å²) in [5, 5.41) is 0. The minimum absolute atomic E-state index is 0.102. The quantitative estimate of drug-likeness (QED) is 0.196. The summed E-state index contributed by atoms with van der Waals surface area (Å²) >= 11 is 0. The van der Waals surface area contributed by atoms with Gasteiger partial charge in [-0.05, 0) is 71.5 Å². The van der Waals surface area contributed by atoms with E-state index < -0.39 is 0 Å². The highest BCUT2D eigenvalue weighted by Crippen LogP contribution is 2.55. The molecule has 0 radical (unpaired) electrons. The zero-order chi connectivity index (χ0) is 24.8. The normalized spacial score (nSPS) is 15.9. The molecule has 0 spiro atoms. The van der Waals surface area contributed by atoms with Gasteiger partial charge >= 0.3 is 0 Å². The van der Waals surface area contributed by atoms with Crippen LogP contribution in [0.25, 0.3) is 11.1 Å². The van der Waals surface area contributed by atoms with Crippen LogP contribution in [-0.4, -0.2) is 0 Å². The molecule has 1 aliphatic rings. The first-order chi connectivity index (χ1) is 17.8. The summed E-state index contributed by atoms with van der Waals surface area (Å²) in [6, 6.07) is 38.0. The minimum atomic E-state index is 0.102. The van der Waals surface area contributed by atoms with Crippen LogP contribution in [0.15, 0.2) is 103 Å². The molecule has 0 heterocycles. The van der Waals surface area contributed by atoms with Gasteiger partial charge in [0.1, 0.15) is 0 Å². The monoisotopic (exact) mass is 473 g/mol. The summed E-state index contributed by atoms with van der Waals surface area (Å²) in [5.41, 5.74) is 9.69. The molecule has 1 heteroatoms. The highest BCUT2D eigenvalue weighted by molar-refractivity contribution is 5.85. The van der Waals surface area contributed by atoms with Crippen molar-refractivity contribution >= 4 is 17.1 Å². The molecule has 5 rings (SSSR count). The summed E-state index contributed by atoms with van der Waals surface area (Å²) in [5.74, 6) is 0. The van der Waals surface area contributed by atoms with Gasteiger partial charge in [0, 0.05) is 22.5 Å². The lowest BCUT2D eigenvalue weighted by Crippen LogP contribution is -2.26. The molecule has 0 N–H and O–H groups in total. The second kappa shape index (κ2) is 11.2. The van der Waals surface area contributed by atoms with Crippen LogP contribution in [0.3, 0.4) is 0 Å². The standard InChI is InChI=1S/C35H39N/c1-3-5-7-16-26-35(25-6-4-2)33-22-15-14-21-31(33)32-24-23-30(27-34(32)35)36(28-17-10-8-11-18-28)29-19-12-9-13-20-29/h8-15,17-24,27H,3-7,16,25-26H2,1-2H3. The molecule has 1 aliphatic carbocycles. The Morgan fingerprint density at radius 3 is 1.75 bits per heavy atom. The summed E-state index contributed by atoms with van der Waals surface area (Å²) in [6.07, 6.45) is 10.2. The van der Waals surface area contributed by atoms with Gasteiger partial charge in [0.25, 0.3) is 0 Å². The fourth-order valence-electron chi connectivity index (χ4n) is 6.18. The predicted molar refractivity (Wildman–Crippen MR) is 156 cm³/mol. The lowest BCUT2D eigenvalue weighted by atomic mass is 9.70. The Labute approximate surface area is 217 Å². The van der Waals surface area contributed by atoms with Gasteiger partial charge in [-0.15, -0.1) is 0 Å².